The number of nitrogens with one attached hydrogen (secondary N) is 1. The topological polar surface area (TPSA) is 50.4 Å². The summed E-state index contributed by atoms with van der Waals surface area (Å²) < 4.78 is 0. The molecule has 0 bridgehead atoms. The Morgan fingerprint density at radius 1 is 1.30 bits per heavy atom. The zero-order valence-corrected chi connectivity index (χ0v) is 12.4. The fourth-order valence-corrected chi connectivity index (χ4v) is 3.27. The van der Waals surface area contributed by atoms with E-state index in [1.54, 1.807) is 0 Å². The van der Waals surface area contributed by atoms with Crippen molar-refractivity contribution in [1.82, 2.24) is 5.32 Å². The molecule has 0 aromatic heterocycles. The second-order valence-corrected chi connectivity index (χ2v) is 6.81. The zero-order valence-electron chi connectivity index (χ0n) is 12.4. The molecule has 1 aromatic carbocycles. The summed E-state index contributed by atoms with van der Waals surface area (Å²) in [4.78, 5) is 4.57. The Hall–Kier alpha value is -1.51. The van der Waals surface area contributed by atoms with Gasteiger partial charge in [-0.25, -0.2) is 0 Å². The molecule has 2 aliphatic rings. The Morgan fingerprint density at radius 2 is 1.95 bits per heavy atom. The van der Waals surface area contributed by atoms with Gasteiger partial charge < -0.3 is 11.1 Å². The number of guanidine groups is 1. The fourth-order valence-electron chi connectivity index (χ4n) is 3.27. The molecule has 0 unspecified atom stereocenters. The monoisotopic (exact) mass is 271 g/mol. The molecule has 3 N–H and O–H groups in total. The van der Waals surface area contributed by atoms with Crippen LogP contribution in [-0.2, 0) is 12.8 Å². The molecule has 0 radical (unpaired) electrons. The van der Waals surface area contributed by atoms with Crippen molar-refractivity contribution in [1.29, 1.82) is 0 Å². The van der Waals surface area contributed by atoms with Crippen molar-refractivity contribution in [3.8, 4) is 0 Å². The van der Waals surface area contributed by atoms with Crippen LogP contribution in [0.2, 0.25) is 0 Å². The third-order valence-electron chi connectivity index (χ3n) is 4.78. The summed E-state index contributed by atoms with van der Waals surface area (Å²) in [6, 6.07) is 8.73. The van der Waals surface area contributed by atoms with Gasteiger partial charge >= 0.3 is 0 Å². The van der Waals surface area contributed by atoms with Crippen LogP contribution in [0.3, 0.4) is 0 Å². The Bertz CT molecular complexity index is 478. The van der Waals surface area contributed by atoms with E-state index in [0.717, 1.165) is 31.8 Å². The summed E-state index contributed by atoms with van der Waals surface area (Å²) in [5.74, 6) is 1.43. The smallest absolute Gasteiger partial charge is 0.188 e. The van der Waals surface area contributed by atoms with Gasteiger partial charge in [-0.05, 0) is 48.1 Å². The van der Waals surface area contributed by atoms with Crippen LogP contribution in [0.25, 0.3) is 0 Å². The maximum absolute atomic E-state index is 5.98. The normalized spacial score (nSPS) is 21.4. The second-order valence-electron chi connectivity index (χ2n) is 6.81. The number of hydrogen-bond donors (Lipinski definition) is 2. The van der Waals surface area contributed by atoms with Crippen LogP contribution in [0.15, 0.2) is 29.3 Å². The average Bonchev–Trinajstić information content (AvgIpc) is 2.71. The van der Waals surface area contributed by atoms with Crippen molar-refractivity contribution in [3.63, 3.8) is 0 Å². The van der Waals surface area contributed by atoms with Gasteiger partial charge in [0.25, 0.3) is 0 Å². The maximum atomic E-state index is 5.98. The summed E-state index contributed by atoms with van der Waals surface area (Å²) in [5, 5.41) is 3.27. The Kier molecular flexibility index (Phi) is 3.68. The van der Waals surface area contributed by atoms with E-state index in [0.29, 0.717) is 5.96 Å². The van der Waals surface area contributed by atoms with Crippen molar-refractivity contribution < 1.29 is 0 Å². The van der Waals surface area contributed by atoms with Crippen LogP contribution in [0.5, 0.6) is 0 Å². The van der Waals surface area contributed by atoms with Crippen LogP contribution in [0, 0.1) is 11.3 Å². The van der Waals surface area contributed by atoms with E-state index in [-0.39, 0.29) is 5.41 Å². The van der Waals surface area contributed by atoms with Crippen molar-refractivity contribution in [3.05, 3.63) is 35.4 Å². The predicted molar refractivity (Wildman–Crippen MR) is 83.8 cm³/mol. The van der Waals surface area contributed by atoms with Crippen LogP contribution >= 0.6 is 0 Å². The summed E-state index contributed by atoms with van der Waals surface area (Å²) in [5.41, 5.74) is 9.17. The molecule has 20 heavy (non-hydrogen) atoms. The third kappa shape index (κ3) is 2.97. The van der Waals surface area contributed by atoms with Gasteiger partial charge in [0.15, 0.2) is 5.96 Å². The molecule has 3 nitrogen and oxygen atoms in total. The molecule has 108 valence electrons. The summed E-state index contributed by atoms with van der Waals surface area (Å²) >= 11 is 0. The predicted octanol–water partition coefficient (Wildman–Crippen LogP) is 2.50. The number of fused-ring (bicyclic) bond motifs is 1. The summed E-state index contributed by atoms with van der Waals surface area (Å²) in [7, 11) is 0. The van der Waals surface area contributed by atoms with Gasteiger partial charge in [-0.2, -0.15) is 0 Å². The van der Waals surface area contributed by atoms with Gasteiger partial charge in [0.05, 0.1) is 0 Å². The van der Waals surface area contributed by atoms with Crippen molar-refractivity contribution in [2.24, 2.45) is 22.1 Å². The lowest BCUT2D eigenvalue weighted by molar-refractivity contribution is 0.314. The Balaban J connectivity index is 1.52. The van der Waals surface area contributed by atoms with Gasteiger partial charge in [-0.3, -0.25) is 4.99 Å². The SMILES string of the molecule is CC1(CN=C(N)NCC2CCC2)Cc2ccccc2C1. The minimum Gasteiger partial charge on any atom is -0.370 e. The lowest BCUT2D eigenvalue weighted by atomic mass is 9.85. The highest BCUT2D eigenvalue weighted by molar-refractivity contribution is 5.77. The van der Waals surface area contributed by atoms with Crippen molar-refractivity contribution >= 4 is 5.96 Å². The van der Waals surface area contributed by atoms with Gasteiger partial charge in [-0.1, -0.05) is 37.6 Å². The lowest BCUT2D eigenvalue weighted by Crippen LogP contribution is -2.38. The molecule has 0 heterocycles. The van der Waals surface area contributed by atoms with E-state index in [1.165, 1.54) is 30.4 Å². The number of nitrogens with zero attached hydrogens (tertiary/aromatic N) is 1. The van der Waals surface area contributed by atoms with Crippen molar-refractivity contribution in [2.75, 3.05) is 13.1 Å². The second kappa shape index (κ2) is 5.47. The van der Waals surface area contributed by atoms with E-state index < -0.39 is 0 Å². The van der Waals surface area contributed by atoms with Gasteiger partial charge in [0.2, 0.25) is 0 Å². The van der Waals surface area contributed by atoms with Gasteiger partial charge in [-0.15, -0.1) is 0 Å². The summed E-state index contributed by atoms with van der Waals surface area (Å²) in [6.45, 7) is 4.12. The molecule has 0 atom stereocenters. The molecule has 1 aromatic rings. The largest absolute Gasteiger partial charge is 0.370 e. The molecule has 0 aliphatic heterocycles. The Morgan fingerprint density at radius 3 is 2.50 bits per heavy atom. The number of hydrogen-bond acceptors (Lipinski definition) is 1. The maximum Gasteiger partial charge on any atom is 0.188 e. The third-order valence-corrected chi connectivity index (χ3v) is 4.78. The molecule has 3 rings (SSSR count). The van der Waals surface area contributed by atoms with Crippen LogP contribution < -0.4 is 11.1 Å². The lowest BCUT2D eigenvalue weighted by Gasteiger charge is -2.26. The molecule has 0 saturated heterocycles. The highest BCUT2D eigenvalue weighted by atomic mass is 15.1. The van der Waals surface area contributed by atoms with E-state index in [4.69, 9.17) is 5.73 Å². The zero-order chi connectivity index (χ0) is 14.0. The first-order chi connectivity index (χ1) is 9.65. The molecule has 0 spiro atoms. The molecular weight excluding hydrogens is 246 g/mol. The van der Waals surface area contributed by atoms with Gasteiger partial charge in [0.1, 0.15) is 0 Å². The average molecular weight is 271 g/mol. The van der Waals surface area contributed by atoms with Crippen LogP contribution in [-0.4, -0.2) is 19.0 Å². The molecule has 1 fully saturated rings. The molecule has 0 amide bonds. The molecule has 2 aliphatic carbocycles. The van der Waals surface area contributed by atoms with Crippen LogP contribution in [0.4, 0.5) is 0 Å². The molecule has 3 heteroatoms. The quantitative estimate of drug-likeness (QED) is 0.653. The standard InChI is InChI=1S/C17H25N3/c1-17(9-14-7-2-3-8-15(14)10-17)12-20-16(18)19-11-13-5-4-6-13/h2-3,7-8,13H,4-6,9-12H2,1H3,(H3,18,19,20). The minimum absolute atomic E-state index is 0.229. The first-order valence-corrected chi connectivity index (χ1v) is 7.75. The fraction of sp³-hybridized carbons (Fsp3) is 0.588. The highest BCUT2D eigenvalue weighted by Gasteiger charge is 2.32. The number of aliphatic imine (C=N–C) groups is 1. The first kappa shape index (κ1) is 13.5. The summed E-state index contributed by atoms with van der Waals surface area (Å²) in [6.07, 6.45) is 6.28. The van der Waals surface area contributed by atoms with Crippen molar-refractivity contribution in [2.45, 2.75) is 39.0 Å². The van der Waals surface area contributed by atoms with E-state index in [2.05, 4.69) is 41.5 Å². The number of rotatable bonds is 4. The first-order valence-electron chi connectivity index (χ1n) is 7.75. The molecule has 1 saturated carbocycles. The Labute approximate surface area is 121 Å². The van der Waals surface area contributed by atoms with E-state index in [1.807, 2.05) is 0 Å². The minimum atomic E-state index is 0.229. The number of nitrogens with two attached hydrogens (primary N) is 1. The number of benzene rings is 1. The van der Waals surface area contributed by atoms with Crippen LogP contribution in [0.1, 0.15) is 37.3 Å². The van der Waals surface area contributed by atoms with E-state index in [9.17, 15) is 0 Å². The highest BCUT2D eigenvalue weighted by Crippen LogP contribution is 2.36. The van der Waals surface area contributed by atoms with Gasteiger partial charge in [0, 0.05) is 13.1 Å². The molecular formula is C17H25N3. The van der Waals surface area contributed by atoms with E-state index >= 15 is 0 Å².